The zero-order valence-electron chi connectivity index (χ0n) is 13.7. The maximum atomic E-state index is 11.9. The van der Waals surface area contributed by atoms with Crippen LogP contribution in [0.25, 0.3) is 11.1 Å². The summed E-state index contributed by atoms with van der Waals surface area (Å²) in [6, 6.07) is 7.82. The molecule has 2 N–H and O–H groups in total. The van der Waals surface area contributed by atoms with Crippen molar-refractivity contribution in [3.8, 4) is 11.1 Å². The largest absolute Gasteiger partial charge is 0.392 e. The highest BCUT2D eigenvalue weighted by Crippen LogP contribution is 2.20. The molecule has 1 aromatic carbocycles. The van der Waals surface area contributed by atoms with Gasteiger partial charge in [0.25, 0.3) is 0 Å². The number of rotatable bonds is 6. The summed E-state index contributed by atoms with van der Waals surface area (Å²) in [6.07, 6.45) is 4.55. The van der Waals surface area contributed by atoms with Crippen molar-refractivity contribution in [2.45, 2.75) is 39.3 Å². The second-order valence-electron chi connectivity index (χ2n) is 6.05. The standard InChI is InChI=1S/C18H23N3O2/c1-12(2)17(22)8-18(23)21-13(3)14-4-6-15(7-5-14)16-9-19-11-20-10-16/h4-7,9-13,17,22H,8H2,1-3H3,(H,21,23). The molecule has 0 saturated heterocycles. The van der Waals surface area contributed by atoms with Crippen LogP contribution in [0.15, 0.2) is 43.0 Å². The van der Waals surface area contributed by atoms with Crippen molar-refractivity contribution in [1.82, 2.24) is 15.3 Å². The van der Waals surface area contributed by atoms with Crippen LogP contribution in [-0.2, 0) is 4.79 Å². The highest BCUT2D eigenvalue weighted by atomic mass is 16.3. The predicted molar refractivity (Wildman–Crippen MR) is 89.5 cm³/mol. The van der Waals surface area contributed by atoms with Crippen LogP contribution in [0.3, 0.4) is 0 Å². The van der Waals surface area contributed by atoms with Gasteiger partial charge in [0.2, 0.25) is 5.91 Å². The van der Waals surface area contributed by atoms with Gasteiger partial charge in [-0.3, -0.25) is 4.79 Å². The van der Waals surface area contributed by atoms with E-state index in [0.717, 1.165) is 16.7 Å². The summed E-state index contributed by atoms with van der Waals surface area (Å²) >= 11 is 0. The topological polar surface area (TPSA) is 75.1 Å². The van der Waals surface area contributed by atoms with Crippen molar-refractivity contribution in [2.24, 2.45) is 5.92 Å². The molecule has 2 unspecified atom stereocenters. The molecular weight excluding hydrogens is 290 g/mol. The third kappa shape index (κ3) is 4.86. The van der Waals surface area contributed by atoms with Crippen LogP contribution < -0.4 is 5.32 Å². The molecular formula is C18H23N3O2. The Bertz CT molecular complexity index is 626. The summed E-state index contributed by atoms with van der Waals surface area (Å²) in [4.78, 5) is 20.0. The Balaban J connectivity index is 1.98. The van der Waals surface area contributed by atoms with Gasteiger partial charge in [-0.15, -0.1) is 0 Å². The van der Waals surface area contributed by atoms with Crippen LogP contribution >= 0.6 is 0 Å². The van der Waals surface area contributed by atoms with Gasteiger partial charge in [-0.25, -0.2) is 9.97 Å². The Hall–Kier alpha value is -2.27. The van der Waals surface area contributed by atoms with E-state index in [1.54, 1.807) is 12.4 Å². The molecule has 0 saturated carbocycles. The van der Waals surface area contributed by atoms with Gasteiger partial charge in [0.15, 0.2) is 0 Å². The first-order chi connectivity index (χ1) is 11.0. The number of aliphatic hydroxyl groups excluding tert-OH is 1. The molecule has 122 valence electrons. The second kappa shape index (κ2) is 7.83. The van der Waals surface area contributed by atoms with E-state index in [9.17, 15) is 9.90 Å². The SMILES string of the molecule is CC(NC(=O)CC(O)C(C)C)c1ccc(-c2cncnc2)cc1. The number of nitrogens with one attached hydrogen (secondary N) is 1. The van der Waals surface area contributed by atoms with Crippen LogP contribution in [0.2, 0.25) is 0 Å². The van der Waals surface area contributed by atoms with Crippen molar-refractivity contribution in [3.05, 3.63) is 48.5 Å². The maximum absolute atomic E-state index is 11.9. The lowest BCUT2D eigenvalue weighted by Gasteiger charge is -2.18. The van der Waals surface area contributed by atoms with Gasteiger partial charge in [-0.2, -0.15) is 0 Å². The summed E-state index contributed by atoms with van der Waals surface area (Å²) in [5.74, 6) is -0.0670. The van der Waals surface area contributed by atoms with E-state index >= 15 is 0 Å². The molecule has 0 spiro atoms. The molecule has 1 heterocycles. The van der Waals surface area contributed by atoms with Gasteiger partial charge < -0.3 is 10.4 Å². The molecule has 2 atom stereocenters. The number of aromatic nitrogens is 2. The second-order valence-corrected chi connectivity index (χ2v) is 6.05. The van der Waals surface area contributed by atoms with Crippen LogP contribution in [-0.4, -0.2) is 27.1 Å². The number of hydrogen-bond acceptors (Lipinski definition) is 4. The number of amides is 1. The molecule has 1 aromatic heterocycles. The van der Waals surface area contributed by atoms with Gasteiger partial charge in [0.1, 0.15) is 6.33 Å². The Morgan fingerprint density at radius 3 is 2.26 bits per heavy atom. The number of benzene rings is 1. The molecule has 0 fully saturated rings. The van der Waals surface area contributed by atoms with Crippen molar-refractivity contribution in [3.63, 3.8) is 0 Å². The van der Waals surface area contributed by atoms with Gasteiger partial charge in [0.05, 0.1) is 18.6 Å². The summed E-state index contributed by atoms with van der Waals surface area (Å²) < 4.78 is 0. The van der Waals surface area contributed by atoms with E-state index < -0.39 is 6.10 Å². The molecule has 0 aliphatic rings. The van der Waals surface area contributed by atoms with E-state index in [2.05, 4.69) is 15.3 Å². The lowest BCUT2D eigenvalue weighted by atomic mass is 10.0. The fraction of sp³-hybridized carbons (Fsp3) is 0.389. The zero-order chi connectivity index (χ0) is 16.8. The molecule has 2 rings (SSSR count). The molecule has 0 radical (unpaired) electrons. The Morgan fingerprint density at radius 1 is 1.09 bits per heavy atom. The van der Waals surface area contributed by atoms with E-state index in [0.29, 0.717) is 0 Å². The molecule has 1 amide bonds. The van der Waals surface area contributed by atoms with E-state index in [4.69, 9.17) is 0 Å². The minimum atomic E-state index is -0.609. The molecule has 5 nitrogen and oxygen atoms in total. The maximum Gasteiger partial charge on any atom is 0.223 e. The summed E-state index contributed by atoms with van der Waals surface area (Å²) in [5.41, 5.74) is 3.00. The number of aliphatic hydroxyl groups is 1. The smallest absolute Gasteiger partial charge is 0.223 e. The van der Waals surface area contributed by atoms with Crippen LogP contribution in [0.4, 0.5) is 0 Å². The van der Waals surface area contributed by atoms with E-state index in [1.165, 1.54) is 6.33 Å². The fourth-order valence-electron chi connectivity index (χ4n) is 2.22. The average Bonchev–Trinajstić information content (AvgIpc) is 2.55. The monoisotopic (exact) mass is 313 g/mol. The lowest BCUT2D eigenvalue weighted by Crippen LogP contribution is -2.31. The zero-order valence-corrected chi connectivity index (χ0v) is 13.7. The molecule has 0 bridgehead atoms. The van der Waals surface area contributed by atoms with E-state index in [1.807, 2.05) is 45.0 Å². The van der Waals surface area contributed by atoms with Gasteiger partial charge >= 0.3 is 0 Å². The predicted octanol–water partition coefficient (Wildman–Crippen LogP) is 2.73. The minimum absolute atomic E-state index is 0.0726. The van der Waals surface area contributed by atoms with Crippen molar-refractivity contribution in [1.29, 1.82) is 0 Å². The molecule has 0 aliphatic carbocycles. The first kappa shape index (κ1) is 17.1. The molecule has 23 heavy (non-hydrogen) atoms. The molecule has 2 aromatic rings. The summed E-state index contributed by atoms with van der Waals surface area (Å²) in [5, 5.41) is 12.7. The first-order valence-corrected chi connectivity index (χ1v) is 7.80. The lowest BCUT2D eigenvalue weighted by molar-refractivity contribution is -0.124. The number of nitrogens with zero attached hydrogens (tertiary/aromatic N) is 2. The van der Waals surface area contributed by atoms with Crippen LogP contribution in [0.1, 0.15) is 38.8 Å². The van der Waals surface area contributed by atoms with Crippen LogP contribution in [0.5, 0.6) is 0 Å². The average molecular weight is 313 g/mol. The van der Waals surface area contributed by atoms with Crippen molar-refractivity contribution in [2.75, 3.05) is 0 Å². The van der Waals surface area contributed by atoms with Gasteiger partial charge in [-0.05, 0) is 24.0 Å². The number of hydrogen-bond donors (Lipinski definition) is 2. The Morgan fingerprint density at radius 2 is 1.70 bits per heavy atom. The fourth-order valence-corrected chi connectivity index (χ4v) is 2.22. The Kier molecular flexibility index (Phi) is 5.82. The van der Waals surface area contributed by atoms with Crippen molar-refractivity contribution < 1.29 is 9.90 Å². The van der Waals surface area contributed by atoms with Crippen LogP contribution in [0, 0.1) is 5.92 Å². The van der Waals surface area contributed by atoms with Crippen molar-refractivity contribution >= 4 is 5.91 Å². The Labute approximate surface area is 136 Å². The number of carbonyl (C=O) groups excluding carboxylic acids is 1. The highest BCUT2D eigenvalue weighted by Gasteiger charge is 2.16. The van der Waals surface area contributed by atoms with Gasteiger partial charge in [0, 0.05) is 18.0 Å². The number of carbonyl (C=O) groups is 1. The molecule has 0 aliphatic heterocycles. The summed E-state index contributed by atoms with van der Waals surface area (Å²) in [7, 11) is 0. The third-order valence-electron chi connectivity index (χ3n) is 3.85. The highest BCUT2D eigenvalue weighted by molar-refractivity contribution is 5.77. The van der Waals surface area contributed by atoms with E-state index in [-0.39, 0.29) is 24.3 Å². The molecule has 5 heteroatoms. The first-order valence-electron chi connectivity index (χ1n) is 7.80. The third-order valence-corrected chi connectivity index (χ3v) is 3.85. The summed E-state index contributed by atoms with van der Waals surface area (Å²) in [6.45, 7) is 5.72. The minimum Gasteiger partial charge on any atom is -0.392 e. The normalized spacial score (nSPS) is 13.6. The van der Waals surface area contributed by atoms with Gasteiger partial charge in [-0.1, -0.05) is 38.1 Å². The quantitative estimate of drug-likeness (QED) is 0.860.